The van der Waals surface area contributed by atoms with Crippen molar-refractivity contribution < 1.29 is 33.9 Å². The number of carbonyl (C=O) groups is 3. The van der Waals surface area contributed by atoms with Gasteiger partial charge in [-0.25, -0.2) is 0 Å². The van der Waals surface area contributed by atoms with Crippen LogP contribution < -0.4 is 0 Å². The second-order valence-corrected chi connectivity index (χ2v) is 13.2. The van der Waals surface area contributed by atoms with Gasteiger partial charge >= 0.3 is 0 Å². The Labute approximate surface area is 225 Å². The van der Waals surface area contributed by atoms with E-state index < -0.39 is 0 Å². The zero-order valence-electron chi connectivity index (χ0n) is 23.3. The van der Waals surface area contributed by atoms with Crippen LogP contribution in [0.5, 0.6) is 0 Å². The Bertz CT molecular complexity index is 221. The van der Waals surface area contributed by atoms with Crippen LogP contribution >= 0.6 is 15.8 Å². The van der Waals surface area contributed by atoms with Gasteiger partial charge in [-0.1, -0.05) is 80.1 Å². The molecule has 0 atom stereocenters. The second-order valence-electron chi connectivity index (χ2n) is 7.80. The SMILES string of the molecule is C=O.C=O.C=O.CCCCP(CCCC)CCCC.CCCCP(CCCC)CCCC.[Ru]. The van der Waals surface area contributed by atoms with E-state index in [0.717, 1.165) is 0 Å². The first kappa shape index (κ1) is 46.8. The summed E-state index contributed by atoms with van der Waals surface area (Å²) in [5.41, 5.74) is 0. The Balaban J connectivity index is -0.0000000875. The number of hydrogen-bond donors (Lipinski definition) is 0. The van der Waals surface area contributed by atoms with Crippen molar-refractivity contribution in [1.29, 1.82) is 0 Å². The molecule has 0 aromatic rings. The topological polar surface area (TPSA) is 51.2 Å². The summed E-state index contributed by atoms with van der Waals surface area (Å²) in [7, 11) is 0.843. The van der Waals surface area contributed by atoms with Crippen LogP contribution in [0.25, 0.3) is 0 Å². The summed E-state index contributed by atoms with van der Waals surface area (Å²) < 4.78 is 0. The number of rotatable bonds is 18. The monoisotopic (exact) mass is 596 g/mol. The van der Waals surface area contributed by atoms with Gasteiger partial charge in [0.15, 0.2) is 0 Å². The van der Waals surface area contributed by atoms with Crippen molar-refractivity contribution in [3.63, 3.8) is 0 Å². The van der Waals surface area contributed by atoms with E-state index in [4.69, 9.17) is 14.4 Å². The van der Waals surface area contributed by atoms with Crippen molar-refractivity contribution in [2.45, 2.75) is 119 Å². The molecule has 204 valence electrons. The van der Waals surface area contributed by atoms with E-state index in [1.54, 1.807) is 37.0 Å². The number of unbranched alkanes of at least 4 members (excludes halogenated alkanes) is 6. The third-order valence-corrected chi connectivity index (χ3v) is 10.7. The van der Waals surface area contributed by atoms with Crippen LogP contribution in [0.1, 0.15) is 119 Å². The molecule has 0 amide bonds. The molecule has 0 bridgehead atoms. The standard InChI is InChI=1S/2C12H27P.3CH2O.Ru/c2*1-4-7-10-13(11-8-5-2)12-9-6-3;3*1-2;/h2*4-12H2,1-3H3;3*1H2;. The van der Waals surface area contributed by atoms with Crippen molar-refractivity contribution in [2.75, 3.05) is 37.0 Å². The average Bonchev–Trinajstić information content (AvgIpc) is 2.87. The fourth-order valence-electron chi connectivity index (χ4n) is 2.96. The quantitative estimate of drug-likeness (QED) is 0.117. The molecule has 0 aromatic heterocycles. The number of carbonyl (C=O) groups excluding carboxylic acids is 3. The Morgan fingerprint density at radius 2 is 0.485 bits per heavy atom. The summed E-state index contributed by atoms with van der Waals surface area (Å²) >= 11 is 0. The molecule has 0 saturated carbocycles. The molecule has 0 rings (SSSR count). The minimum Gasteiger partial charge on any atom is -0.307 e. The number of hydrogen-bond acceptors (Lipinski definition) is 3. The average molecular weight is 596 g/mol. The van der Waals surface area contributed by atoms with Gasteiger partial charge in [0.1, 0.15) is 20.4 Å². The van der Waals surface area contributed by atoms with Crippen LogP contribution in [0.2, 0.25) is 0 Å². The van der Waals surface area contributed by atoms with Crippen LogP contribution in [0, 0.1) is 0 Å². The molecule has 0 aromatic carbocycles. The minimum atomic E-state index is 0. The van der Waals surface area contributed by atoms with Crippen molar-refractivity contribution in [3.05, 3.63) is 0 Å². The predicted octanol–water partition coefficient (Wildman–Crippen LogP) is 9.18. The molecule has 0 unspecified atom stereocenters. The fourth-order valence-corrected chi connectivity index (χ4v) is 8.88. The molecule has 3 nitrogen and oxygen atoms in total. The van der Waals surface area contributed by atoms with Crippen LogP contribution in [0.4, 0.5) is 0 Å². The van der Waals surface area contributed by atoms with Crippen LogP contribution in [-0.4, -0.2) is 57.3 Å². The Morgan fingerprint density at radius 1 is 0.364 bits per heavy atom. The van der Waals surface area contributed by atoms with E-state index in [9.17, 15) is 0 Å². The Kier molecular flexibility index (Phi) is 76.2. The van der Waals surface area contributed by atoms with E-state index >= 15 is 0 Å². The molecular formula is C27H60O3P2Ru. The van der Waals surface area contributed by atoms with Crippen LogP contribution in [0.15, 0.2) is 0 Å². The van der Waals surface area contributed by atoms with Gasteiger partial charge < -0.3 is 14.4 Å². The molecule has 0 spiro atoms. The van der Waals surface area contributed by atoms with E-state index in [1.807, 2.05) is 20.4 Å². The van der Waals surface area contributed by atoms with E-state index in [0.29, 0.717) is 15.8 Å². The minimum absolute atomic E-state index is 0. The summed E-state index contributed by atoms with van der Waals surface area (Å²) in [4.78, 5) is 24.0. The summed E-state index contributed by atoms with van der Waals surface area (Å²) in [5, 5.41) is 0. The molecule has 0 aliphatic carbocycles. The van der Waals surface area contributed by atoms with Gasteiger partial charge in [0.05, 0.1) is 0 Å². The zero-order valence-corrected chi connectivity index (χ0v) is 26.8. The predicted molar refractivity (Wildman–Crippen MR) is 154 cm³/mol. The van der Waals surface area contributed by atoms with Crippen molar-refractivity contribution in [2.24, 2.45) is 0 Å². The van der Waals surface area contributed by atoms with Crippen molar-refractivity contribution in [3.8, 4) is 0 Å². The van der Waals surface area contributed by atoms with Gasteiger partial charge in [-0.2, -0.15) is 0 Å². The van der Waals surface area contributed by atoms with Gasteiger partial charge in [0.25, 0.3) is 0 Å². The summed E-state index contributed by atoms with van der Waals surface area (Å²) in [6.45, 7) is 19.9. The molecule has 0 N–H and O–H groups in total. The van der Waals surface area contributed by atoms with Crippen molar-refractivity contribution in [1.82, 2.24) is 0 Å². The second kappa shape index (κ2) is 53.7. The molecule has 6 heteroatoms. The molecule has 0 heterocycles. The molecule has 0 radical (unpaired) electrons. The molecule has 0 aliphatic rings. The molecule has 0 aliphatic heterocycles. The third-order valence-electron chi connectivity index (χ3n) is 4.97. The summed E-state index contributed by atoms with van der Waals surface area (Å²) in [6, 6.07) is 0. The largest absolute Gasteiger partial charge is 0.307 e. The first-order chi connectivity index (χ1) is 15.7. The van der Waals surface area contributed by atoms with Gasteiger partial charge in [-0.05, 0) is 75.5 Å². The molecule has 0 saturated heterocycles. The van der Waals surface area contributed by atoms with Gasteiger partial charge in [0, 0.05) is 19.5 Å². The van der Waals surface area contributed by atoms with Crippen LogP contribution in [-0.2, 0) is 33.9 Å². The maximum atomic E-state index is 8.00. The third kappa shape index (κ3) is 50.4. The summed E-state index contributed by atoms with van der Waals surface area (Å²) in [6.07, 6.45) is 26.4. The fraction of sp³-hybridized carbons (Fsp3) is 0.889. The van der Waals surface area contributed by atoms with Gasteiger partial charge in [-0.15, -0.1) is 15.8 Å². The van der Waals surface area contributed by atoms with E-state index in [2.05, 4.69) is 41.5 Å². The van der Waals surface area contributed by atoms with Crippen molar-refractivity contribution >= 4 is 36.2 Å². The summed E-state index contributed by atoms with van der Waals surface area (Å²) in [5.74, 6) is 0. The maximum absolute atomic E-state index is 8.00. The molecule has 0 fully saturated rings. The van der Waals surface area contributed by atoms with E-state index in [1.165, 1.54) is 77.0 Å². The van der Waals surface area contributed by atoms with Gasteiger partial charge in [-0.3, -0.25) is 0 Å². The smallest absolute Gasteiger partial charge is 0.106 e. The molecular weight excluding hydrogens is 535 g/mol. The van der Waals surface area contributed by atoms with Gasteiger partial charge in [0.2, 0.25) is 0 Å². The first-order valence-electron chi connectivity index (χ1n) is 13.0. The van der Waals surface area contributed by atoms with E-state index in [-0.39, 0.29) is 19.5 Å². The maximum Gasteiger partial charge on any atom is 0.106 e. The zero-order chi connectivity index (χ0) is 25.9. The van der Waals surface area contributed by atoms with Crippen LogP contribution in [0.3, 0.4) is 0 Å². The first-order valence-corrected chi connectivity index (χ1v) is 16.8. The Morgan fingerprint density at radius 3 is 0.576 bits per heavy atom. The Hall–Kier alpha value is 0.493. The normalized spacial score (nSPS) is 9.09. The molecule has 33 heavy (non-hydrogen) atoms.